The fourth-order valence-electron chi connectivity index (χ4n) is 1.80. The summed E-state index contributed by atoms with van der Waals surface area (Å²) in [5.74, 6) is 5.71. The van der Waals surface area contributed by atoms with Crippen LogP contribution in [0.4, 0.5) is 0 Å². The number of hydrogen-bond donors (Lipinski definition) is 3. The Morgan fingerprint density at radius 1 is 1.14 bits per heavy atom. The van der Waals surface area contributed by atoms with Crippen LogP contribution in [0.25, 0.3) is 22.8 Å². The van der Waals surface area contributed by atoms with E-state index in [-0.39, 0.29) is 5.69 Å². The smallest absolute Gasteiger partial charge is 0.283 e. The zero-order valence-corrected chi connectivity index (χ0v) is 10.8. The number of amides is 1. The Labute approximate surface area is 119 Å². The monoisotopic (exact) mass is 281 g/mol. The molecule has 3 rings (SSSR count). The van der Waals surface area contributed by atoms with E-state index >= 15 is 0 Å². The van der Waals surface area contributed by atoms with Gasteiger partial charge in [0, 0.05) is 29.7 Å². The lowest BCUT2D eigenvalue weighted by molar-refractivity contribution is 0.0948. The second-order valence-electron chi connectivity index (χ2n) is 4.15. The first-order chi connectivity index (χ1) is 10.3. The number of nitrogen functional groups attached to an aromatic ring is 1. The summed E-state index contributed by atoms with van der Waals surface area (Å²) in [7, 11) is 0. The molecular weight excluding hydrogens is 270 g/mol. The predicted molar refractivity (Wildman–Crippen MR) is 74.5 cm³/mol. The molecule has 1 amide bonds. The number of nitrogens with zero attached hydrogens (tertiary/aromatic N) is 4. The van der Waals surface area contributed by atoms with E-state index in [1.165, 1.54) is 6.20 Å². The second-order valence-corrected chi connectivity index (χ2v) is 4.15. The third kappa shape index (κ3) is 2.60. The van der Waals surface area contributed by atoms with E-state index in [4.69, 9.17) is 5.84 Å². The Hall–Kier alpha value is -3.13. The molecule has 8 nitrogen and oxygen atoms in total. The predicted octanol–water partition coefficient (Wildman–Crippen LogP) is 0.532. The molecule has 0 aliphatic rings. The molecule has 0 aromatic carbocycles. The normalized spacial score (nSPS) is 10.3. The molecule has 0 aliphatic heterocycles. The van der Waals surface area contributed by atoms with E-state index in [1.54, 1.807) is 24.5 Å². The maximum absolute atomic E-state index is 11.5. The first kappa shape index (κ1) is 12.9. The molecule has 0 fully saturated rings. The maximum Gasteiger partial charge on any atom is 0.283 e. The summed E-state index contributed by atoms with van der Waals surface area (Å²) in [6.07, 6.45) is 4.85. The van der Waals surface area contributed by atoms with Crippen LogP contribution in [0.1, 0.15) is 10.5 Å². The van der Waals surface area contributed by atoms with Gasteiger partial charge >= 0.3 is 0 Å². The third-order valence-corrected chi connectivity index (χ3v) is 2.82. The van der Waals surface area contributed by atoms with Crippen LogP contribution in [0, 0.1) is 0 Å². The maximum atomic E-state index is 11.5. The Morgan fingerprint density at radius 2 is 1.90 bits per heavy atom. The number of pyridine rings is 2. The van der Waals surface area contributed by atoms with Crippen molar-refractivity contribution in [3.63, 3.8) is 0 Å². The Balaban J connectivity index is 1.95. The summed E-state index contributed by atoms with van der Waals surface area (Å²) in [6.45, 7) is 0. The standard InChI is InChI=1S/C13H11N7O/c14-18-13(21)10-7-9(3-6-16-10)12-17-11(19-20-12)8-1-4-15-5-2-8/h1-7H,14H2,(H,18,21)(H,17,19,20). The van der Waals surface area contributed by atoms with Crippen molar-refractivity contribution in [2.45, 2.75) is 0 Å². The van der Waals surface area contributed by atoms with E-state index in [1.807, 2.05) is 17.6 Å². The molecule has 0 atom stereocenters. The van der Waals surface area contributed by atoms with Crippen LogP contribution >= 0.6 is 0 Å². The lowest BCUT2D eigenvalue weighted by Gasteiger charge is -2.00. The zero-order valence-electron chi connectivity index (χ0n) is 10.8. The van der Waals surface area contributed by atoms with Crippen molar-refractivity contribution in [1.82, 2.24) is 30.6 Å². The summed E-state index contributed by atoms with van der Waals surface area (Å²) >= 11 is 0. The van der Waals surface area contributed by atoms with Crippen LogP contribution in [-0.4, -0.2) is 31.1 Å². The van der Waals surface area contributed by atoms with Crippen LogP contribution in [-0.2, 0) is 0 Å². The van der Waals surface area contributed by atoms with Gasteiger partial charge in [-0.1, -0.05) is 0 Å². The summed E-state index contributed by atoms with van der Waals surface area (Å²) in [5, 5.41) is 6.99. The van der Waals surface area contributed by atoms with Gasteiger partial charge in [-0.25, -0.2) is 10.8 Å². The number of nitrogens with one attached hydrogen (secondary N) is 2. The average molecular weight is 281 g/mol. The second kappa shape index (κ2) is 5.47. The van der Waals surface area contributed by atoms with Crippen molar-refractivity contribution in [3.05, 3.63) is 48.5 Å². The molecule has 0 spiro atoms. The van der Waals surface area contributed by atoms with E-state index in [0.29, 0.717) is 17.2 Å². The minimum absolute atomic E-state index is 0.199. The number of aromatic nitrogens is 5. The largest absolute Gasteiger partial charge is 0.289 e. The fraction of sp³-hybridized carbons (Fsp3) is 0. The van der Waals surface area contributed by atoms with Crippen LogP contribution in [0.3, 0.4) is 0 Å². The quantitative estimate of drug-likeness (QED) is 0.365. The van der Waals surface area contributed by atoms with E-state index in [0.717, 1.165) is 5.56 Å². The molecule has 104 valence electrons. The molecule has 0 unspecified atom stereocenters. The molecule has 0 bridgehead atoms. The van der Waals surface area contributed by atoms with Crippen molar-refractivity contribution < 1.29 is 4.79 Å². The van der Waals surface area contributed by atoms with Gasteiger partial charge in [-0.15, -0.1) is 0 Å². The highest BCUT2D eigenvalue weighted by Crippen LogP contribution is 2.19. The fourth-order valence-corrected chi connectivity index (χ4v) is 1.80. The van der Waals surface area contributed by atoms with Crippen molar-refractivity contribution in [3.8, 4) is 22.8 Å². The number of nitrogens with two attached hydrogens (primary N) is 1. The topological polar surface area (TPSA) is 122 Å². The molecule has 0 radical (unpaired) electrons. The van der Waals surface area contributed by atoms with E-state index in [9.17, 15) is 4.79 Å². The number of carbonyl (C=O) groups excluding carboxylic acids is 1. The number of aromatic amines is 1. The van der Waals surface area contributed by atoms with Crippen molar-refractivity contribution in [1.29, 1.82) is 0 Å². The number of rotatable bonds is 3. The van der Waals surface area contributed by atoms with Gasteiger partial charge in [-0.05, 0) is 24.3 Å². The zero-order chi connectivity index (χ0) is 14.7. The first-order valence-corrected chi connectivity index (χ1v) is 6.08. The highest BCUT2D eigenvalue weighted by Gasteiger charge is 2.11. The highest BCUT2D eigenvalue weighted by atomic mass is 16.2. The Morgan fingerprint density at radius 3 is 2.67 bits per heavy atom. The van der Waals surface area contributed by atoms with Crippen LogP contribution in [0.15, 0.2) is 42.9 Å². The molecule has 3 aromatic heterocycles. The molecule has 0 saturated heterocycles. The minimum atomic E-state index is -0.471. The van der Waals surface area contributed by atoms with E-state index < -0.39 is 5.91 Å². The first-order valence-electron chi connectivity index (χ1n) is 6.08. The molecule has 3 heterocycles. The van der Waals surface area contributed by atoms with Gasteiger partial charge in [0.15, 0.2) is 11.6 Å². The van der Waals surface area contributed by atoms with E-state index in [2.05, 4.69) is 25.1 Å². The molecule has 3 aromatic rings. The molecular formula is C13H11N7O. The third-order valence-electron chi connectivity index (χ3n) is 2.82. The van der Waals surface area contributed by atoms with Gasteiger partial charge in [0.25, 0.3) is 5.91 Å². The van der Waals surface area contributed by atoms with Crippen molar-refractivity contribution in [2.24, 2.45) is 5.84 Å². The summed E-state index contributed by atoms with van der Waals surface area (Å²) in [5.41, 5.74) is 3.77. The highest BCUT2D eigenvalue weighted by molar-refractivity contribution is 5.92. The van der Waals surface area contributed by atoms with Crippen LogP contribution in [0.2, 0.25) is 0 Å². The lowest BCUT2D eigenvalue weighted by atomic mass is 10.2. The van der Waals surface area contributed by atoms with Gasteiger partial charge in [0.2, 0.25) is 0 Å². The molecule has 0 saturated carbocycles. The number of hydrazine groups is 1. The summed E-state index contributed by atoms with van der Waals surface area (Å²) in [4.78, 5) is 23.7. The molecule has 4 N–H and O–H groups in total. The van der Waals surface area contributed by atoms with Gasteiger partial charge in [0.05, 0.1) is 0 Å². The van der Waals surface area contributed by atoms with Gasteiger partial charge in [-0.2, -0.15) is 5.10 Å². The Bertz CT molecular complexity index is 769. The van der Waals surface area contributed by atoms with Crippen molar-refractivity contribution >= 4 is 5.91 Å². The van der Waals surface area contributed by atoms with Gasteiger partial charge in [-0.3, -0.25) is 25.3 Å². The van der Waals surface area contributed by atoms with Crippen molar-refractivity contribution in [2.75, 3.05) is 0 Å². The minimum Gasteiger partial charge on any atom is -0.289 e. The lowest BCUT2D eigenvalue weighted by Crippen LogP contribution is -2.30. The van der Waals surface area contributed by atoms with Gasteiger partial charge < -0.3 is 0 Å². The Kier molecular flexibility index (Phi) is 3.36. The molecule has 21 heavy (non-hydrogen) atoms. The van der Waals surface area contributed by atoms with Crippen LogP contribution < -0.4 is 11.3 Å². The summed E-state index contributed by atoms with van der Waals surface area (Å²) in [6, 6.07) is 6.93. The van der Waals surface area contributed by atoms with Gasteiger partial charge in [0.1, 0.15) is 5.69 Å². The average Bonchev–Trinajstić information content (AvgIpc) is 3.05. The number of H-pyrrole nitrogens is 1. The van der Waals surface area contributed by atoms with Crippen LogP contribution in [0.5, 0.6) is 0 Å². The summed E-state index contributed by atoms with van der Waals surface area (Å²) < 4.78 is 0. The number of carbonyl (C=O) groups is 1. The SMILES string of the molecule is NNC(=O)c1cc(-c2n[nH]c(-c3ccncc3)n2)ccn1. The molecule has 8 heteroatoms. The molecule has 0 aliphatic carbocycles. The number of hydrogen-bond acceptors (Lipinski definition) is 6.